The van der Waals surface area contributed by atoms with Gasteiger partial charge in [-0.3, -0.25) is 4.90 Å². The Bertz CT molecular complexity index is 468. The Morgan fingerprint density at radius 3 is 2.58 bits per heavy atom. The Hall–Kier alpha value is -0.860. The van der Waals surface area contributed by atoms with Gasteiger partial charge >= 0.3 is 0 Å². The maximum Gasteiger partial charge on any atom is 0.0239 e. The Kier molecular flexibility index (Phi) is 2.89. The van der Waals surface area contributed by atoms with Crippen molar-refractivity contribution < 1.29 is 0 Å². The number of aryl methyl sites for hydroxylation is 2. The van der Waals surface area contributed by atoms with E-state index in [-0.39, 0.29) is 0 Å². The van der Waals surface area contributed by atoms with E-state index in [9.17, 15) is 0 Å². The third kappa shape index (κ3) is 2.11. The number of nitrogens with zero attached hydrogens (tertiary/aromatic N) is 1. The van der Waals surface area contributed by atoms with Gasteiger partial charge < -0.3 is 5.73 Å². The third-order valence-electron chi connectivity index (χ3n) is 5.45. The molecule has 0 amide bonds. The molecule has 2 atom stereocenters. The lowest BCUT2D eigenvalue weighted by atomic mass is 9.97. The van der Waals surface area contributed by atoms with Gasteiger partial charge in [0.25, 0.3) is 0 Å². The Labute approximate surface area is 116 Å². The predicted octanol–water partition coefficient (Wildman–Crippen LogP) is 2.63. The maximum absolute atomic E-state index is 6.16. The molecule has 2 unspecified atom stereocenters. The van der Waals surface area contributed by atoms with Crippen LogP contribution in [0.25, 0.3) is 0 Å². The summed E-state index contributed by atoms with van der Waals surface area (Å²) in [6.07, 6.45) is 9.08. The van der Waals surface area contributed by atoms with Crippen LogP contribution in [0.5, 0.6) is 0 Å². The van der Waals surface area contributed by atoms with E-state index in [4.69, 9.17) is 5.73 Å². The van der Waals surface area contributed by atoms with Crippen molar-refractivity contribution >= 4 is 0 Å². The average Bonchev–Trinajstić information content (AvgIpc) is 2.94. The molecular formula is C17H24N2. The van der Waals surface area contributed by atoms with Gasteiger partial charge in [-0.05, 0) is 61.6 Å². The van der Waals surface area contributed by atoms with Crippen LogP contribution in [-0.4, -0.2) is 23.0 Å². The molecule has 2 saturated heterocycles. The molecule has 1 aromatic rings. The molecule has 3 aliphatic rings. The average molecular weight is 256 g/mol. The molecule has 1 aromatic carbocycles. The molecule has 2 aliphatic heterocycles. The molecule has 0 radical (unpaired) electrons. The molecule has 0 saturated carbocycles. The lowest BCUT2D eigenvalue weighted by molar-refractivity contribution is 0.120. The quantitative estimate of drug-likeness (QED) is 0.881. The van der Waals surface area contributed by atoms with Crippen LogP contribution in [0.3, 0.4) is 0 Å². The van der Waals surface area contributed by atoms with E-state index in [1.54, 1.807) is 11.1 Å². The van der Waals surface area contributed by atoms with E-state index in [0.717, 1.165) is 18.6 Å². The Morgan fingerprint density at radius 2 is 1.79 bits per heavy atom. The minimum Gasteiger partial charge on any atom is -0.328 e. The molecule has 0 aromatic heterocycles. The zero-order valence-electron chi connectivity index (χ0n) is 11.6. The molecule has 19 heavy (non-hydrogen) atoms. The summed E-state index contributed by atoms with van der Waals surface area (Å²) in [4.78, 5) is 2.74. The lowest BCUT2D eigenvalue weighted by Crippen LogP contribution is -2.46. The summed E-state index contributed by atoms with van der Waals surface area (Å²) >= 11 is 0. The largest absolute Gasteiger partial charge is 0.328 e. The Morgan fingerprint density at radius 1 is 1.05 bits per heavy atom. The molecular weight excluding hydrogens is 232 g/mol. The van der Waals surface area contributed by atoms with Gasteiger partial charge in [0.2, 0.25) is 0 Å². The molecule has 102 valence electrons. The van der Waals surface area contributed by atoms with Gasteiger partial charge in [-0.1, -0.05) is 18.2 Å². The number of hydrogen-bond donors (Lipinski definition) is 1. The van der Waals surface area contributed by atoms with Crippen molar-refractivity contribution in [2.24, 2.45) is 5.73 Å². The van der Waals surface area contributed by atoms with Crippen LogP contribution in [0, 0.1) is 0 Å². The molecule has 4 rings (SSSR count). The van der Waals surface area contributed by atoms with Crippen molar-refractivity contribution in [1.82, 2.24) is 4.90 Å². The standard InChI is InChI=1S/C17H24N2/c18-15-9-16-6-7-17(10-15)19(16)11-12-4-5-13-2-1-3-14(13)8-12/h4-5,8,15-17H,1-3,6-7,9-11,18H2. The lowest BCUT2D eigenvalue weighted by Gasteiger charge is -2.37. The van der Waals surface area contributed by atoms with E-state index in [1.807, 2.05) is 0 Å². The summed E-state index contributed by atoms with van der Waals surface area (Å²) in [6, 6.07) is 9.15. The van der Waals surface area contributed by atoms with Crippen LogP contribution in [0.4, 0.5) is 0 Å². The number of nitrogens with two attached hydrogens (primary N) is 1. The molecule has 2 fully saturated rings. The maximum atomic E-state index is 6.16. The molecule has 2 nitrogen and oxygen atoms in total. The number of rotatable bonds is 2. The summed E-state index contributed by atoms with van der Waals surface area (Å²) in [5, 5.41) is 0. The topological polar surface area (TPSA) is 29.3 Å². The minimum atomic E-state index is 0.453. The first-order valence-corrected chi connectivity index (χ1v) is 7.91. The van der Waals surface area contributed by atoms with Crippen LogP contribution in [0.15, 0.2) is 18.2 Å². The summed E-state index contributed by atoms with van der Waals surface area (Å²) in [5.74, 6) is 0. The van der Waals surface area contributed by atoms with Crippen molar-refractivity contribution in [1.29, 1.82) is 0 Å². The third-order valence-corrected chi connectivity index (χ3v) is 5.45. The van der Waals surface area contributed by atoms with Crippen LogP contribution in [0.2, 0.25) is 0 Å². The van der Waals surface area contributed by atoms with Gasteiger partial charge in [0.15, 0.2) is 0 Å². The molecule has 0 spiro atoms. The minimum absolute atomic E-state index is 0.453. The van der Waals surface area contributed by atoms with Gasteiger partial charge in [0, 0.05) is 24.7 Å². The fourth-order valence-corrected chi connectivity index (χ4v) is 4.51. The molecule has 2 heterocycles. The van der Waals surface area contributed by atoms with Crippen molar-refractivity contribution in [3.05, 3.63) is 34.9 Å². The molecule has 2 bridgehead atoms. The van der Waals surface area contributed by atoms with E-state index in [2.05, 4.69) is 23.1 Å². The summed E-state index contributed by atoms with van der Waals surface area (Å²) < 4.78 is 0. The summed E-state index contributed by atoms with van der Waals surface area (Å²) in [5.41, 5.74) is 10.9. The van der Waals surface area contributed by atoms with E-state index in [0.29, 0.717) is 6.04 Å². The van der Waals surface area contributed by atoms with Crippen LogP contribution in [0.1, 0.15) is 48.8 Å². The highest BCUT2D eigenvalue weighted by molar-refractivity contribution is 5.35. The second-order valence-corrected chi connectivity index (χ2v) is 6.75. The van der Waals surface area contributed by atoms with Gasteiger partial charge in [-0.25, -0.2) is 0 Å². The number of fused-ring (bicyclic) bond motifs is 3. The van der Waals surface area contributed by atoms with Crippen LogP contribution < -0.4 is 5.73 Å². The van der Waals surface area contributed by atoms with Gasteiger partial charge in [-0.15, -0.1) is 0 Å². The first-order valence-electron chi connectivity index (χ1n) is 7.91. The van der Waals surface area contributed by atoms with Crippen molar-refractivity contribution in [3.8, 4) is 0 Å². The second kappa shape index (κ2) is 4.60. The second-order valence-electron chi connectivity index (χ2n) is 6.75. The number of piperidine rings is 1. The first-order chi connectivity index (χ1) is 9.29. The van der Waals surface area contributed by atoms with Gasteiger partial charge in [-0.2, -0.15) is 0 Å². The highest BCUT2D eigenvalue weighted by atomic mass is 15.2. The molecule has 2 heteroatoms. The van der Waals surface area contributed by atoms with E-state index in [1.165, 1.54) is 50.5 Å². The SMILES string of the molecule is NC1CC2CCC(C1)N2Cc1ccc2c(c1)CCC2. The fraction of sp³-hybridized carbons (Fsp3) is 0.647. The van der Waals surface area contributed by atoms with Gasteiger partial charge in [0.1, 0.15) is 0 Å². The zero-order chi connectivity index (χ0) is 12.8. The monoisotopic (exact) mass is 256 g/mol. The van der Waals surface area contributed by atoms with E-state index >= 15 is 0 Å². The van der Waals surface area contributed by atoms with Crippen molar-refractivity contribution in [2.45, 2.75) is 69.6 Å². The Balaban J connectivity index is 1.53. The van der Waals surface area contributed by atoms with Crippen molar-refractivity contribution in [2.75, 3.05) is 0 Å². The van der Waals surface area contributed by atoms with Crippen molar-refractivity contribution in [3.63, 3.8) is 0 Å². The predicted molar refractivity (Wildman–Crippen MR) is 78.0 cm³/mol. The summed E-state index contributed by atoms with van der Waals surface area (Å²) in [6.45, 7) is 1.15. The zero-order valence-corrected chi connectivity index (χ0v) is 11.6. The number of benzene rings is 1. The smallest absolute Gasteiger partial charge is 0.0239 e. The normalized spacial score (nSPS) is 33.6. The van der Waals surface area contributed by atoms with E-state index < -0.39 is 0 Å². The molecule has 1 aliphatic carbocycles. The van der Waals surface area contributed by atoms with Crippen LogP contribution >= 0.6 is 0 Å². The molecule has 2 N–H and O–H groups in total. The van der Waals surface area contributed by atoms with Crippen LogP contribution in [-0.2, 0) is 19.4 Å². The number of hydrogen-bond acceptors (Lipinski definition) is 2. The summed E-state index contributed by atoms with van der Waals surface area (Å²) in [7, 11) is 0. The fourth-order valence-electron chi connectivity index (χ4n) is 4.51. The highest BCUT2D eigenvalue weighted by Gasteiger charge is 2.39. The highest BCUT2D eigenvalue weighted by Crippen LogP contribution is 2.36. The van der Waals surface area contributed by atoms with Gasteiger partial charge in [0.05, 0.1) is 0 Å². The first kappa shape index (κ1) is 11.9.